The van der Waals surface area contributed by atoms with Crippen molar-refractivity contribution in [3.8, 4) is 0 Å². The van der Waals surface area contributed by atoms with E-state index in [4.69, 9.17) is 0 Å². The maximum absolute atomic E-state index is 12.1. The molecule has 1 aromatic rings. The molecule has 0 saturated carbocycles. The van der Waals surface area contributed by atoms with Gasteiger partial charge in [-0.1, -0.05) is 27.2 Å². The second-order valence-electron chi connectivity index (χ2n) is 6.43. The highest BCUT2D eigenvalue weighted by atomic mass is 16.5. The molecule has 0 spiro atoms. The molecule has 1 aromatic heterocycles. The van der Waals surface area contributed by atoms with E-state index >= 15 is 0 Å². The second kappa shape index (κ2) is 7.96. The third-order valence-electron chi connectivity index (χ3n) is 3.45. The highest BCUT2D eigenvalue weighted by Gasteiger charge is 2.21. The van der Waals surface area contributed by atoms with Gasteiger partial charge in [-0.25, -0.2) is 0 Å². The number of hydrogen-bond donors (Lipinski definition) is 1. The molecule has 0 bridgehead atoms. The van der Waals surface area contributed by atoms with Crippen molar-refractivity contribution in [2.45, 2.75) is 51.9 Å². The van der Waals surface area contributed by atoms with E-state index in [0.29, 0.717) is 18.7 Å². The third-order valence-corrected chi connectivity index (χ3v) is 3.45. The van der Waals surface area contributed by atoms with Crippen molar-refractivity contribution >= 4 is 11.9 Å². The van der Waals surface area contributed by atoms with Crippen LogP contribution in [-0.2, 0) is 22.0 Å². The number of nitrogens with zero attached hydrogens (tertiary/aromatic N) is 2. The van der Waals surface area contributed by atoms with Gasteiger partial charge in [-0.15, -0.1) is 0 Å². The lowest BCUT2D eigenvalue weighted by molar-refractivity contribution is -0.140. The molecule has 1 N–H and O–H groups in total. The van der Waals surface area contributed by atoms with Gasteiger partial charge in [0.05, 0.1) is 12.8 Å². The van der Waals surface area contributed by atoms with Gasteiger partial charge in [0.15, 0.2) is 0 Å². The number of amides is 1. The summed E-state index contributed by atoms with van der Waals surface area (Å²) in [6.45, 7) is 6.80. The number of esters is 1. The largest absolute Gasteiger partial charge is 0.469 e. The Labute approximate surface area is 132 Å². The molecule has 1 amide bonds. The molecule has 1 rings (SSSR count). The fraction of sp³-hybridized carbons (Fsp3) is 0.688. The second-order valence-corrected chi connectivity index (χ2v) is 6.43. The van der Waals surface area contributed by atoms with Crippen LogP contribution in [0.5, 0.6) is 0 Å². The van der Waals surface area contributed by atoms with E-state index in [2.05, 4.69) is 35.9 Å². The average Bonchev–Trinajstić information content (AvgIpc) is 2.84. The summed E-state index contributed by atoms with van der Waals surface area (Å²) < 4.78 is 6.20. The van der Waals surface area contributed by atoms with Crippen LogP contribution in [0.2, 0.25) is 0 Å². The highest BCUT2D eigenvalue weighted by molar-refractivity contribution is 5.92. The number of rotatable bonds is 7. The lowest BCUT2D eigenvalue weighted by Crippen LogP contribution is -2.26. The fourth-order valence-corrected chi connectivity index (χ4v) is 2.01. The maximum atomic E-state index is 12.1. The molecule has 0 aliphatic rings. The van der Waals surface area contributed by atoms with Gasteiger partial charge in [-0.3, -0.25) is 14.3 Å². The zero-order valence-corrected chi connectivity index (χ0v) is 14.2. The van der Waals surface area contributed by atoms with Crippen molar-refractivity contribution in [2.75, 3.05) is 13.7 Å². The van der Waals surface area contributed by atoms with E-state index in [1.165, 1.54) is 7.11 Å². The number of nitrogens with one attached hydrogen (secondary N) is 1. The molecule has 6 nitrogen and oxygen atoms in total. The van der Waals surface area contributed by atoms with E-state index in [9.17, 15) is 9.59 Å². The minimum atomic E-state index is -0.186. The zero-order chi connectivity index (χ0) is 16.8. The lowest BCUT2D eigenvalue weighted by atomic mass is 9.92. The van der Waals surface area contributed by atoms with Crippen molar-refractivity contribution in [3.63, 3.8) is 0 Å². The first-order valence-electron chi connectivity index (χ1n) is 7.65. The van der Waals surface area contributed by atoms with E-state index in [-0.39, 0.29) is 17.3 Å². The van der Waals surface area contributed by atoms with Crippen LogP contribution in [0.4, 0.5) is 0 Å². The molecule has 0 saturated heterocycles. The van der Waals surface area contributed by atoms with Gasteiger partial charge >= 0.3 is 5.97 Å². The smallest absolute Gasteiger partial charge is 0.305 e. The number of methoxy groups -OCH3 is 1. The standard InChI is InChI=1S/C16H27N3O3/c1-16(2,3)13-11-12(19(4)18-13)15(21)17-10-8-6-7-9-14(20)22-5/h11H,6-10H2,1-5H3,(H,17,21). The number of hydrogen-bond acceptors (Lipinski definition) is 4. The van der Waals surface area contributed by atoms with E-state index in [0.717, 1.165) is 25.0 Å². The Morgan fingerprint density at radius 1 is 1.27 bits per heavy atom. The van der Waals surface area contributed by atoms with Crippen LogP contribution < -0.4 is 5.32 Å². The molecule has 0 unspecified atom stereocenters. The lowest BCUT2D eigenvalue weighted by Gasteiger charge is -2.13. The summed E-state index contributed by atoms with van der Waals surface area (Å²) >= 11 is 0. The predicted octanol–water partition coefficient (Wildman–Crippen LogP) is 2.18. The number of aryl methyl sites for hydroxylation is 1. The summed E-state index contributed by atoms with van der Waals surface area (Å²) in [4.78, 5) is 23.1. The average molecular weight is 309 g/mol. The van der Waals surface area contributed by atoms with Gasteiger partial charge in [0.25, 0.3) is 5.91 Å². The molecule has 22 heavy (non-hydrogen) atoms. The SMILES string of the molecule is COC(=O)CCCCCNC(=O)c1cc(C(C)(C)C)nn1C. The van der Waals surface area contributed by atoms with Gasteiger partial charge in [0.2, 0.25) is 0 Å². The van der Waals surface area contributed by atoms with Gasteiger partial charge in [0, 0.05) is 25.4 Å². The van der Waals surface area contributed by atoms with Crippen molar-refractivity contribution in [3.05, 3.63) is 17.5 Å². The van der Waals surface area contributed by atoms with Crippen LogP contribution in [-0.4, -0.2) is 35.3 Å². The first-order chi connectivity index (χ1) is 10.3. The van der Waals surface area contributed by atoms with Crippen molar-refractivity contribution in [1.82, 2.24) is 15.1 Å². The Morgan fingerprint density at radius 3 is 2.50 bits per heavy atom. The highest BCUT2D eigenvalue weighted by Crippen LogP contribution is 2.21. The maximum Gasteiger partial charge on any atom is 0.305 e. The fourth-order valence-electron chi connectivity index (χ4n) is 2.01. The Balaban J connectivity index is 2.37. The molecule has 0 fully saturated rings. The molecule has 0 aliphatic carbocycles. The van der Waals surface area contributed by atoms with E-state index in [1.54, 1.807) is 11.7 Å². The quantitative estimate of drug-likeness (QED) is 0.619. The van der Waals surface area contributed by atoms with Crippen molar-refractivity contribution < 1.29 is 14.3 Å². The first-order valence-corrected chi connectivity index (χ1v) is 7.65. The van der Waals surface area contributed by atoms with Crippen molar-refractivity contribution in [1.29, 1.82) is 0 Å². The Hall–Kier alpha value is -1.85. The van der Waals surface area contributed by atoms with E-state index < -0.39 is 0 Å². The van der Waals surface area contributed by atoms with Gasteiger partial charge in [-0.05, 0) is 18.9 Å². The molecule has 0 radical (unpaired) electrons. The summed E-state index contributed by atoms with van der Waals surface area (Å²) in [7, 11) is 3.17. The van der Waals surface area contributed by atoms with Crippen LogP contribution in [0, 0.1) is 0 Å². The number of aromatic nitrogens is 2. The number of carbonyl (C=O) groups is 2. The summed E-state index contributed by atoms with van der Waals surface area (Å²) in [5, 5.41) is 7.28. The summed E-state index contributed by atoms with van der Waals surface area (Å²) in [6.07, 6.45) is 2.93. The summed E-state index contributed by atoms with van der Waals surface area (Å²) in [5.74, 6) is -0.299. The first kappa shape index (κ1) is 18.2. The van der Waals surface area contributed by atoms with Crippen LogP contribution in [0.3, 0.4) is 0 Å². The van der Waals surface area contributed by atoms with Crippen LogP contribution in [0.25, 0.3) is 0 Å². The normalized spacial score (nSPS) is 11.3. The van der Waals surface area contributed by atoms with Crippen LogP contribution in [0.1, 0.15) is 62.6 Å². The third kappa shape index (κ3) is 5.50. The van der Waals surface area contributed by atoms with Crippen LogP contribution >= 0.6 is 0 Å². The topological polar surface area (TPSA) is 73.2 Å². The molecular formula is C16H27N3O3. The number of unbranched alkanes of at least 4 members (excludes halogenated alkanes) is 2. The monoisotopic (exact) mass is 309 g/mol. The Morgan fingerprint density at radius 2 is 1.95 bits per heavy atom. The minimum Gasteiger partial charge on any atom is -0.469 e. The van der Waals surface area contributed by atoms with Crippen LogP contribution in [0.15, 0.2) is 6.07 Å². The molecule has 1 heterocycles. The Kier molecular flexibility index (Phi) is 6.59. The van der Waals surface area contributed by atoms with Crippen molar-refractivity contribution in [2.24, 2.45) is 7.05 Å². The molecule has 0 atom stereocenters. The minimum absolute atomic E-state index is 0.0792. The van der Waals surface area contributed by atoms with Gasteiger partial charge in [0.1, 0.15) is 5.69 Å². The zero-order valence-electron chi connectivity index (χ0n) is 14.2. The number of ether oxygens (including phenoxy) is 1. The number of carbonyl (C=O) groups excluding carboxylic acids is 2. The van der Waals surface area contributed by atoms with Gasteiger partial charge in [-0.2, -0.15) is 5.10 Å². The van der Waals surface area contributed by atoms with Gasteiger partial charge < -0.3 is 10.1 Å². The molecule has 0 aliphatic heterocycles. The Bertz CT molecular complexity index is 515. The molecule has 0 aromatic carbocycles. The molecular weight excluding hydrogens is 282 g/mol. The predicted molar refractivity (Wildman–Crippen MR) is 84.7 cm³/mol. The summed E-state index contributed by atoms with van der Waals surface area (Å²) in [5.41, 5.74) is 1.39. The molecule has 124 valence electrons. The van der Waals surface area contributed by atoms with E-state index in [1.807, 2.05) is 6.07 Å². The molecule has 6 heteroatoms. The summed E-state index contributed by atoms with van der Waals surface area (Å²) in [6, 6.07) is 1.84.